The summed E-state index contributed by atoms with van der Waals surface area (Å²) < 4.78 is 1.03. The summed E-state index contributed by atoms with van der Waals surface area (Å²) in [6.45, 7) is 0.126. The topological polar surface area (TPSA) is 86.6 Å². The minimum absolute atomic E-state index is 0.00797. The fourth-order valence-electron chi connectivity index (χ4n) is 1.63. The standard InChI is InChI=1S/C13H13NO4S/c15-9(13(17)18)5-6-14-12(16)11-7-8-3-1-2-4-10(8)19-11/h1-4,7,9,15H,5-6H2,(H,14,16)(H,17,18). The van der Waals surface area contributed by atoms with Crippen molar-refractivity contribution in [2.24, 2.45) is 0 Å². The number of aliphatic carboxylic acids is 1. The Bertz CT molecular complexity index is 574. The number of carboxylic acids is 1. The highest BCUT2D eigenvalue weighted by Crippen LogP contribution is 2.24. The molecule has 0 fully saturated rings. The number of amides is 1. The first-order valence-corrected chi connectivity index (χ1v) is 6.57. The first-order chi connectivity index (χ1) is 9.08. The summed E-state index contributed by atoms with van der Waals surface area (Å²) in [5.74, 6) is -1.53. The van der Waals surface area contributed by atoms with Crippen molar-refractivity contribution < 1.29 is 19.8 Å². The second-order valence-corrected chi connectivity index (χ2v) is 5.13. The van der Waals surface area contributed by atoms with Gasteiger partial charge in [-0.25, -0.2) is 4.79 Å². The number of nitrogens with one attached hydrogen (secondary N) is 1. The molecule has 1 aromatic heterocycles. The van der Waals surface area contributed by atoms with Crippen LogP contribution >= 0.6 is 11.3 Å². The van der Waals surface area contributed by atoms with Crippen molar-refractivity contribution in [2.75, 3.05) is 6.54 Å². The molecule has 2 rings (SSSR count). The molecule has 0 aliphatic carbocycles. The molecular weight excluding hydrogens is 266 g/mol. The summed E-state index contributed by atoms with van der Waals surface area (Å²) >= 11 is 1.38. The highest BCUT2D eigenvalue weighted by Gasteiger charge is 2.14. The number of carbonyl (C=O) groups excluding carboxylic acids is 1. The monoisotopic (exact) mass is 279 g/mol. The maximum atomic E-state index is 11.8. The number of aliphatic hydroxyl groups excluding tert-OH is 1. The Morgan fingerprint density at radius 3 is 2.74 bits per heavy atom. The van der Waals surface area contributed by atoms with Crippen LogP contribution in [0.4, 0.5) is 0 Å². The second kappa shape index (κ2) is 5.81. The van der Waals surface area contributed by atoms with Gasteiger partial charge in [0.15, 0.2) is 6.10 Å². The first kappa shape index (κ1) is 13.5. The van der Waals surface area contributed by atoms with Crippen LogP contribution < -0.4 is 5.32 Å². The molecule has 19 heavy (non-hydrogen) atoms. The third-order valence-electron chi connectivity index (χ3n) is 2.64. The lowest BCUT2D eigenvalue weighted by molar-refractivity contribution is -0.146. The van der Waals surface area contributed by atoms with Gasteiger partial charge in [0.1, 0.15) is 0 Å². The maximum absolute atomic E-state index is 11.8. The second-order valence-electron chi connectivity index (χ2n) is 4.05. The Morgan fingerprint density at radius 1 is 1.32 bits per heavy atom. The smallest absolute Gasteiger partial charge is 0.332 e. The van der Waals surface area contributed by atoms with Gasteiger partial charge in [0.05, 0.1) is 4.88 Å². The number of hydrogen-bond acceptors (Lipinski definition) is 4. The van der Waals surface area contributed by atoms with Gasteiger partial charge in [-0.1, -0.05) is 18.2 Å². The van der Waals surface area contributed by atoms with Crippen molar-refractivity contribution in [2.45, 2.75) is 12.5 Å². The van der Waals surface area contributed by atoms with E-state index >= 15 is 0 Å². The molecule has 0 saturated heterocycles. The van der Waals surface area contributed by atoms with Gasteiger partial charge in [-0.3, -0.25) is 4.79 Å². The van der Waals surface area contributed by atoms with Gasteiger partial charge < -0.3 is 15.5 Å². The number of carbonyl (C=O) groups is 2. The zero-order valence-electron chi connectivity index (χ0n) is 10.00. The highest BCUT2D eigenvalue weighted by atomic mass is 32.1. The van der Waals surface area contributed by atoms with Crippen molar-refractivity contribution in [3.05, 3.63) is 35.2 Å². The first-order valence-electron chi connectivity index (χ1n) is 5.75. The fourth-order valence-corrected chi connectivity index (χ4v) is 2.61. The third-order valence-corrected chi connectivity index (χ3v) is 3.75. The molecule has 1 amide bonds. The number of rotatable bonds is 5. The van der Waals surface area contributed by atoms with Crippen molar-refractivity contribution in [3.63, 3.8) is 0 Å². The molecule has 0 radical (unpaired) electrons. The van der Waals surface area contributed by atoms with Crippen LogP contribution in [0.2, 0.25) is 0 Å². The molecule has 2 aromatic rings. The van der Waals surface area contributed by atoms with Gasteiger partial charge in [0, 0.05) is 17.7 Å². The van der Waals surface area contributed by atoms with E-state index in [0.29, 0.717) is 4.88 Å². The van der Waals surface area contributed by atoms with Crippen LogP contribution in [0, 0.1) is 0 Å². The predicted molar refractivity (Wildman–Crippen MR) is 72.4 cm³/mol. The van der Waals surface area contributed by atoms with Gasteiger partial charge in [-0.15, -0.1) is 11.3 Å². The highest BCUT2D eigenvalue weighted by molar-refractivity contribution is 7.20. The molecule has 0 aliphatic rings. The van der Waals surface area contributed by atoms with Gasteiger partial charge in [0.2, 0.25) is 0 Å². The zero-order chi connectivity index (χ0) is 13.8. The van der Waals surface area contributed by atoms with E-state index in [1.165, 1.54) is 11.3 Å². The van der Waals surface area contributed by atoms with E-state index in [4.69, 9.17) is 10.2 Å². The summed E-state index contributed by atoms with van der Waals surface area (Å²) in [6.07, 6.45) is -1.45. The molecule has 5 nitrogen and oxygen atoms in total. The molecule has 1 unspecified atom stereocenters. The Balaban J connectivity index is 1.94. The number of thiophene rings is 1. The molecule has 0 aliphatic heterocycles. The lowest BCUT2D eigenvalue weighted by Crippen LogP contribution is -2.29. The van der Waals surface area contributed by atoms with E-state index in [1.807, 2.05) is 24.3 Å². The van der Waals surface area contributed by atoms with Crippen LogP contribution in [0.1, 0.15) is 16.1 Å². The normalized spacial score (nSPS) is 12.3. The van der Waals surface area contributed by atoms with E-state index < -0.39 is 12.1 Å². The summed E-state index contributed by atoms with van der Waals surface area (Å²) in [7, 11) is 0. The Hall–Kier alpha value is -1.92. The SMILES string of the molecule is O=C(NCCC(O)C(=O)O)c1cc2ccccc2s1. The van der Waals surface area contributed by atoms with Crippen LogP contribution in [0.3, 0.4) is 0 Å². The molecular formula is C13H13NO4S. The summed E-state index contributed by atoms with van der Waals surface area (Å²) in [4.78, 5) is 22.8. The van der Waals surface area contributed by atoms with E-state index in [0.717, 1.165) is 10.1 Å². The zero-order valence-corrected chi connectivity index (χ0v) is 10.8. The Morgan fingerprint density at radius 2 is 2.05 bits per heavy atom. The average molecular weight is 279 g/mol. The maximum Gasteiger partial charge on any atom is 0.332 e. The number of benzene rings is 1. The van der Waals surface area contributed by atoms with Gasteiger partial charge in [-0.05, 0) is 17.5 Å². The summed E-state index contributed by atoms with van der Waals surface area (Å²) in [5.41, 5.74) is 0. The van der Waals surface area contributed by atoms with Crippen molar-refractivity contribution in [1.82, 2.24) is 5.32 Å². The Labute approximate surface area is 113 Å². The molecule has 1 aromatic carbocycles. The number of aliphatic hydroxyl groups is 1. The molecule has 1 atom stereocenters. The van der Waals surface area contributed by atoms with Crippen molar-refractivity contribution in [1.29, 1.82) is 0 Å². The van der Waals surface area contributed by atoms with Crippen molar-refractivity contribution in [3.8, 4) is 0 Å². The predicted octanol–water partition coefficient (Wildman–Crippen LogP) is 1.47. The molecule has 6 heteroatoms. The molecule has 3 N–H and O–H groups in total. The van der Waals surface area contributed by atoms with E-state index in [-0.39, 0.29) is 18.9 Å². The van der Waals surface area contributed by atoms with Crippen LogP contribution in [0.5, 0.6) is 0 Å². The van der Waals surface area contributed by atoms with Crippen LogP contribution in [-0.2, 0) is 4.79 Å². The van der Waals surface area contributed by atoms with E-state index in [2.05, 4.69) is 5.32 Å². The van der Waals surface area contributed by atoms with Crippen LogP contribution in [0.25, 0.3) is 10.1 Å². The van der Waals surface area contributed by atoms with Gasteiger partial charge in [0.25, 0.3) is 5.91 Å². The minimum atomic E-state index is -1.44. The minimum Gasteiger partial charge on any atom is -0.479 e. The molecule has 0 bridgehead atoms. The third kappa shape index (κ3) is 3.30. The lowest BCUT2D eigenvalue weighted by atomic mass is 10.2. The van der Waals surface area contributed by atoms with E-state index in [9.17, 15) is 9.59 Å². The van der Waals surface area contributed by atoms with Gasteiger partial charge >= 0.3 is 5.97 Å². The quantitative estimate of drug-likeness (QED) is 0.773. The summed E-state index contributed by atoms with van der Waals surface area (Å²) in [5, 5.41) is 21.2. The molecule has 0 saturated carbocycles. The van der Waals surface area contributed by atoms with Crippen molar-refractivity contribution >= 4 is 33.3 Å². The number of fused-ring (bicyclic) bond motifs is 1. The number of carboxylic acid groups (broad SMARTS) is 1. The summed E-state index contributed by atoms with van der Waals surface area (Å²) in [6, 6.07) is 9.47. The van der Waals surface area contributed by atoms with Crippen LogP contribution in [0.15, 0.2) is 30.3 Å². The average Bonchev–Trinajstić information content (AvgIpc) is 2.82. The molecule has 1 heterocycles. The number of hydrogen-bond donors (Lipinski definition) is 3. The lowest BCUT2D eigenvalue weighted by Gasteiger charge is -2.05. The molecule has 0 spiro atoms. The van der Waals surface area contributed by atoms with Gasteiger partial charge in [-0.2, -0.15) is 0 Å². The van der Waals surface area contributed by atoms with Crippen LogP contribution in [-0.4, -0.2) is 34.7 Å². The Kier molecular flexibility index (Phi) is 4.13. The fraction of sp³-hybridized carbons (Fsp3) is 0.231. The largest absolute Gasteiger partial charge is 0.479 e. The van der Waals surface area contributed by atoms with E-state index in [1.54, 1.807) is 6.07 Å². The molecule has 100 valence electrons.